The zero-order valence-corrected chi connectivity index (χ0v) is 14.1. The molecule has 6 heteroatoms. The molecule has 0 aromatic carbocycles. The molecular formula is C18H26N4O2. The fraction of sp³-hybridized carbons (Fsp3) is 0.667. The molecule has 1 saturated heterocycles. The van der Waals surface area contributed by atoms with Crippen molar-refractivity contribution in [2.24, 2.45) is 11.8 Å². The lowest BCUT2D eigenvalue weighted by atomic mass is 9.94. The number of likely N-dealkylation sites (tertiary alicyclic amines) is 1. The summed E-state index contributed by atoms with van der Waals surface area (Å²) in [5.74, 6) is 0.683. The highest BCUT2D eigenvalue weighted by Gasteiger charge is 2.31. The number of nitrogens with one attached hydrogen (secondary N) is 1. The fourth-order valence-electron chi connectivity index (χ4n) is 3.71. The lowest BCUT2D eigenvalue weighted by Gasteiger charge is -2.33. The van der Waals surface area contributed by atoms with Crippen molar-refractivity contribution in [3.05, 3.63) is 24.3 Å². The Morgan fingerprint density at radius 3 is 2.50 bits per heavy atom. The minimum atomic E-state index is 0.0273. The molecular weight excluding hydrogens is 304 g/mol. The van der Waals surface area contributed by atoms with Crippen molar-refractivity contribution < 1.29 is 9.59 Å². The Morgan fingerprint density at radius 1 is 1.08 bits per heavy atom. The van der Waals surface area contributed by atoms with E-state index >= 15 is 0 Å². The van der Waals surface area contributed by atoms with Crippen LogP contribution in [0.3, 0.4) is 0 Å². The molecule has 3 rings (SSSR count). The molecule has 1 saturated carbocycles. The van der Waals surface area contributed by atoms with E-state index in [-0.39, 0.29) is 17.7 Å². The van der Waals surface area contributed by atoms with E-state index in [0.29, 0.717) is 18.9 Å². The van der Waals surface area contributed by atoms with Gasteiger partial charge in [0.25, 0.3) is 0 Å². The monoisotopic (exact) mass is 330 g/mol. The summed E-state index contributed by atoms with van der Waals surface area (Å²) in [7, 11) is 0. The first-order valence-corrected chi connectivity index (χ1v) is 9.05. The maximum atomic E-state index is 12.4. The van der Waals surface area contributed by atoms with Crippen LogP contribution in [0.25, 0.3) is 0 Å². The Labute approximate surface area is 143 Å². The third kappa shape index (κ3) is 4.30. The van der Waals surface area contributed by atoms with Gasteiger partial charge < -0.3 is 10.2 Å². The zero-order valence-electron chi connectivity index (χ0n) is 14.1. The highest BCUT2D eigenvalue weighted by atomic mass is 16.2. The van der Waals surface area contributed by atoms with Gasteiger partial charge in [-0.05, 0) is 25.7 Å². The summed E-state index contributed by atoms with van der Waals surface area (Å²) in [5.41, 5.74) is 0.884. The molecule has 1 N–H and O–H groups in total. The number of hydrogen-bond acceptors (Lipinski definition) is 4. The molecule has 0 atom stereocenters. The summed E-state index contributed by atoms with van der Waals surface area (Å²) in [6, 6.07) is 0. The summed E-state index contributed by atoms with van der Waals surface area (Å²) < 4.78 is 0. The number of piperidine rings is 1. The van der Waals surface area contributed by atoms with Crippen molar-refractivity contribution in [2.45, 2.75) is 44.9 Å². The van der Waals surface area contributed by atoms with Crippen LogP contribution in [-0.4, -0.2) is 46.3 Å². The first-order valence-electron chi connectivity index (χ1n) is 9.05. The summed E-state index contributed by atoms with van der Waals surface area (Å²) >= 11 is 0. The van der Waals surface area contributed by atoms with Crippen LogP contribution < -0.4 is 5.32 Å². The van der Waals surface area contributed by atoms with E-state index in [9.17, 15) is 9.59 Å². The second kappa shape index (κ2) is 8.22. The van der Waals surface area contributed by atoms with E-state index < -0.39 is 0 Å². The quantitative estimate of drug-likeness (QED) is 0.889. The zero-order chi connectivity index (χ0) is 16.8. The van der Waals surface area contributed by atoms with Gasteiger partial charge in [0.1, 0.15) is 0 Å². The van der Waals surface area contributed by atoms with Gasteiger partial charge in [0, 0.05) is 56.5 Å². The Bertz CT molecular complexity index is 549. The Morgan fingerprint density at radius 2 is 1.83 bits per heavy atom. The number of nitrogens with zero attached hydrogens (tertiary/aromatic N) is 3. The van der Waals surface area contributed by atoms with E-state index in [0.717, 1.165) is 44.5 Å². The van der Waals surface area contributed by atoms with Crippen molar-refractivity contribution in [3.63, 3.8) is 0 Å². The number of amides is 2. The summed E-state index contributed by atoms with van der Waals surface area (Å²) in [5, 5.41) is 2.99. The second-order valence-corrected chi connectivity index (χ2v) is 6.82. The molecule has 2 amide bonds. The molecule has 130 valence electrons. The van der Waals surface area contributed by atoms with Crippen LogP contribution in [-0.2, 0) is 16.0 Å². The van der Waals surface area contributed by atoms with Crippen LogP contribution in [0.5, 0.6) is 0 Å². The van der Waals surface area contributed by atoms with Crippen molar-refractivity contribution >= 4 is 11.8 Å². The normalized spacial score (nSPS) is 19.4. The van der Waals surface area contributed by atoms with Crippen LogP contribution in [0, 0.1) is 11.8 Å². The SMILES string of the molecule is O=C(NCCc1cnccn1)C1CCN(C(=O)C2CCCC2)CC1. The number of carbonyl (C=O) groups excluding carboxylic acids is 2. The predicted molar refractivity (Wildman–Crippen MR) is 90.0 cm³/mol. The van der Waals surface area contributed by atoms with Crippen molar-refractivity contribution in [1.29, 1.82) is 0 Å². The summed E-state index contributed by atoms with van der Waals surface area (Å²) in [6.07, 6.45) is 11.7. The van der Waals surface area contributed by atoms with E-state index in [2.05, 4.69) is 15.3 Å². The second-order valence-electron chi connectivity index (χ2n) is 6.82. The maximum Gasteiger partial charge on any atom is 0.225 e. The summed E-state index contributed by atoms with van der Waals surface area (Å²) in [6.45, 7) is 2.02. The van der Waals surface area contributed by atoms with E-state index in [4.69, 9.17) is 0 Å². The van der Waals surface area contributed by atoms with Gasteiger partial charge in [-0.25, -0.2) is 0 Å². The average Bonchev–Trinajstić information content (AvgIpc) is 3.17. The number of carbonyl (C=O) groups is 2. The molecule has 0 unspecified atom stereocenters. The minimum absolute atomic E-state index is 0.0273. The van der Waals surface area contributed by atoms with Gasteiger partial charge in [-0.2, -0.15) is 0 Å². The van der Waals surface area contributed by atoms with Gasteiger partial charge in [-0.1, -0.05) is 12.8 Å². The lowest BCUT2D eigenvalue weighted by molar-refractivity contribution is -0.139. The Hall–Kier alpha value is -1.98. The largest absolute Gasteiger partial charge is 0.355 e. The van der Waals surface area contributed by atoms with Crippen LogP contribution in [0.4, 0.5) is 0 Å². The van der Waals surface area contributed by atoms with Crippen LogP contribution in [0.2, 0.25) is 0 Å². The molecule has 1 aliphatic heterocycles. The van der Waals surface area contributed by atoms with Crippen LogP contribution in [0.15, 0.2) is 18.6 Å². The standard InChI is InChI=1S/C18H26N4O2/c23-17(21-8-5-16-13-19-9-10-20-16)14-6-11-22(12-7-14)18(24)15-3-1-2-4-15/h9-10,13-15H,1-8,11-12H2,(H,21,23). The molecule has 0 bridgehead atoms. The van der Waals surface area contributed by atoms with Crippen LogP contribution in [0.1, 0.15) is 44.2 Å². The lowest BCUT2D eigenvalue weighted by Crippen LogP contribution is -2.45. The minimum Gasteiger partial charge on any atom is -0.355 e. The Balaban J connectivity index is 1.38. The molecule has 24 heavy (non-hydrogen) atoms. The van der Waals surface area contributed by atoms with Gasteiger partial charge in [-0.15, -0.1) is 0 Å². The molecule has 1 aromatic rings. The average molecular weight is 330 g/mol. The molecule has 2 fully saturated rings. The third-order valence-electron chi connectivity index (χ3n) is 5.18. The highest BCUT2D eigenvalue weighted by molar-refractivity contribution is 5.81. The van der Waals surface area contributed by atoms with Crippen molar-refractivity contribution in [3.8, 4) is 0 Å². The molecule has 0 spiro atoms. The van der Waals surface area contributed by atoms with E-state index in [1.165, 1.54) is 12.8 Å². The van der Waals surface area contributed by atoms with E-state index in [1.54, 1.807) is 18.6 Å². The predicted octanol–water partition coefficient (Wildman–Crippen LogP) is 1.56. The number of rotatable bonds is 5. The molecule has 2 heterocycles. The molecule has 0 radical (unpaired) electrons. The van der Waals surface area contributed by atoms with Crippen molar-refractivity contribution in [1.82, 2.24) is 20.2 Å². The van der Waals surface area contributed by atoms with Crippen LogP contribution >= 0.6 is 0 Å². The Kier molecular flexibility index (Phi) is 5.77. The van der Waals surface area contributed by atoms with Gasteiger partial charge in [0.15, 0.2) is 0 Å². The third-order valence-corrected chi connectivity index (χ3v) is 5.18. The van der Waals surface area contributed by atoms with Gasteiger partial charge >= 0.3 is 0 Å². The topological polar surface area (TPSA) is 75.2 Å². The fourth-order valence-corrected chi connectivity index (χ4v) is 3.71. The maximum absolute atomic E-state index is 12.4. The first-order chi connectivity index (χ1) is 11.7. The molecule has 1 aromatic heterocycles. The first kappa shape index (κ1) is 16.9. The molecule has 2 aliphatic rings. The van der Waals surface area contributed by atoms with Gasteiger partial charge in [0.2, 0.25) is 11.8 Å². The van der Waals surface area contributed by atoms with Gasteiger partial charge in [0.05, 0.1) is 5.69 Å². The van der Waals surface area contributed by atoms with Crippen molar-refractivity contribution in [2.75, 3.05) is 19.6 Å². The highest BCUT2D eigenvalue weighted by Crippen LogP contribution is 2.28. The number of aromatic nitrogens is 2. The van der Waals surface area contributed by atoms with Gasteiger partial charge in [-0.3, -0.25) is 19.6 Å². The number of hydrogen-bond donors (Lipinski definition) is 1. The van der Waals surface area contributed by atoms with E-state index in [1.807, 2.05) is 4.90 Å². The summed E-state index contributed by atoms with van der Waals surface area (Å²) in [4.78, 5) is 34.9. The molecule has 1 aliphatic carbocycles. The smallest absolute Gasteiger partial charge is 0.225 e. The molecule has 6 nitrogen and oxygen atoms in total.